The molecule has 8 nitrogen and oxygen atoms in total. The fourth-order valence-electron chi connectivity index (χ4n) is 7.10. The lowest BCUT2D eigenvalue weighted by Gasteiger charge is -2.39. The molecule has 6 rings (SSSR count). The molecule has 2 aromatic rings. The molecule has 2 amide bonds. The smallest absolute Gasteiger partial charge is 0.311 e. The van der Waals surface area contributed by atoms with Crippen molar-refractivity contribution in [3.8, 4) is 5.75 Å². The van der Waals surface area contributed by atoms with Crippen LogP contribution >= 0.6 is 11.8 Å². The number of likely N-dealkylation sites (tertiary alicyclic amines) is 1. The highest BCUT2D eigenvalue weighted by atomic mass is 32.2. The molecule has 0 bridgehead atoms. The second-order valence-corrected chi connectivity index (χ2v) is 13.3. The second kappa shape index (κ2) is 11.3. The van der Waals surface area contributed by atoms with Crippen LogP contribution in [0.4, 0.5) is 5.69 Å². The number of aliphatic hydroxyl groups is 1. The number of amides is 2. The monoisotopic (exact) mass is 588 g/mol. The third-order valence-corrected chi connectivity index (χ3v) is 10.8. The minimum Gasteiger partial charge on any atom is -0.497 e. The van der Waals surface area contributed by atoms with E-state index in [1.807, 2.05) is 67.6 Å². The summed E-state index contributed by atoms with van der Waals surface area (Å²) in [7, 11) is 1.59. The normalized spacial score (nSPS) is 32.1. The Hall–Kier alpha value is -3.56. The third kappa shape index (κ3) is 4.63. The van der Waals surface area contributed by atoms with Gasteiger partial charge in [0.15, 0.2) is 0 Å². The molecule has 0 saturated carbocycles. The first-order chi connectivity index (χ1) is 20.3. The van der Waals surface area contributed by atoms with Crippen LogP contribution in [0, 0.1) is 11.8 Å². The van der Waals surface area contributed by atoms with E-state index in [9.17, 15) is 19.5 Å². The number of aliphatic hydroxyl groups excluding tert-OH is 1. The number of fused-ring (bicyclic) bond motifs is 2. The number of nitrogens with zero attached hydrogens (tertiary/aromatic N) is 2. The molecular weight excluding hydrogens is 552 g/mol. The van der Waals surface area contributed by atoms with Gasteiger partial charge in [-0.2, -0.15) is 0 Å². The van der Waals surface area contributed by atoms with Crippen LogP contribution in [0.3, 0.4) is 0 Å². The third-order valence-electron chi connectivity index (χ3n) is 8.99. The molecule has 1 spiro atoms. The van der Waals surface area contributed by atoms with Crippen molar-refractivity contribution in [2.75, 3.05) is 31.8 Å². The zero-order chi connectivity index (χ0) is 29.5. The molecule has 220 valence electrons. The first-order valence-corrected chi connectivity index (χ1v) is 15.3. The Morgan fingerprint density at radius 3 is 2.50 bits per heavy atom. The molecule has 2 saturated heterocycles. The molecule has 2 fully saturated rings. The average Bonchev–Trinajstić information content (AvgIpc) is 3.35. The summed E-state index contributed by atoms with van der Waals surface area (Å²) >= 11 is 1.51. The average molecular weight is 589 g/mol. The van der Waals surface area contributed by atoms with E-state index in [1.165, 1.54) is 11.8 Å². The molecule has 0 aliphatic carbocycles. The number of ether oxygens (including phenoxy) is 2. The van der Waals surface area contributed by atoms with Crippen LogP contribution in [0.25, 0.3) is 0 Å². The Morgan fingerprint density at radius 2 is 1.79 bits per heavy atom. The number of methoxy groups -OCH3 is 1. The number of cyclic esters (lactones) is 1. The largest absolute Gasteiger partial charge is 0.497 e. The van der Waals surface area contributed by atoms with E-state index in [4.69, 9.17) is 9.47 Å². The van der Waals surface area contributed by atoms with Crippen LogP contribution in [0.5, 0.6) is 5.75 Å². The van der Waals surface area contributed by atoms with Crippen molar-refractivity contribution >= 4 is 35.2 Å². The van der Waals surface area contributed by atoms with Crippen molar-refractivity contribution < 1.29 is 29.0 Å². The van der Waals surface area contributed by atoms with Crippen LogP contribution in [0.2, 0.25) is 0 Å². The van der Waals surface area contributed by atoms with Gasteiger partial charge in [-0.05, 0) is 56.0 Å². The fraction of sp³-hybridized carbons (Fsp3) is 0.424. The number of allylic oxidation sites excluding steroid dienone is 1. The number of anilines is 1. The number of rotatable bonds is 6. The van der Waals surface area contributed by atoms with Gasteiger partial charge in [0.2, 0.25) is 5.91 Å². The van der Waals surface area contributed by atoms with E-state index < -0.39 is 39.4 Å². The Labute approximate surface area is 250 Å². The number of esters is 1. The topological polar surface area (TPSA) is 96.4 Å². The van der Waals surface area contributed by atoms with E-state index in [0.29, 0.717) is 30.8 Å². The van der Waals surface area contributed by atoms with Crippen LogP contribution in [0.15, 0.2) is 78.9 Å². The molecular formula is C33H36N2O6S. The van der Waals surface area contributed by atoms with Gasteiger partial charge in [0.25, 0.3) is 5.91 Å². The summed E-state index contributed by atoms with van der Waals surface area (Å²) in [6.07, 6.45) is 9.87. The molecule has 1 unspecified atom stereocenters. The maximum absolute atomic E-state index is 14.8. The minimum absolute atomic E-state index is 0.243. The van der Waals surface area contributed by atoms with Crippen molar-refractivity contribution in [1.82, 2.24) is 4.90 Å². The highest BCUT2D eigenvalue weighted by Crippen LogP contribution is 2.65. The maximum Gasteiger partial charge on any atom is 0.311 e. The second-order valence-electron chi connectivity index (χ2n) is 11.5. The Morgan fingerprint density at radius 1 is 1.02 bits per heavy atom. The van der Waals surface area contributed by atoms with E-state index in [1.54, 1.807) is 29.0 Å². The molecule has 6 atom stereocenters. The van der Waals surface area contributed by atoms with Gasteiger partial charge in [-0.1, -0.05) is 54.6 Å². The zero-order valence-electron chi connectivity index (χ0n) is 23.8. The standard InChI is InChI=1S/C33H36N2O6S/c1-32-16-7-4-8-19-41-31(39)27(32)26-29(37)35(24(21-36)20-22-10-5-3-6-11-22)28-30(38)34(18-9-17-33(26,28)42-32)23-12-14-25(40-2)15-13-23/h3,5-7,9-17,24,26-28,36H,4,8,18-21H2,1-2H3/b16-7-/t24-,26+,27+,28?,32-,33+/m1/s1. The van der Waals surface area contributed by atoms with Gasteiger partial charge >= 0.3 is 5.97 Å². The van der Waals surface area contributed by atoms with E-state index in [2.05, 4.69) is 6.08 Å². The predicted molar refractivity (Wildman–Crippen MR) is 161 cm³/mol. The van der Waals surface area contributed by atoms with Gasteiger partial charge in [-0.3, -0.25) is 14.4 Å². The number of benzene rings is 2. The summed E-state index contributed by atoms with van der Waals surface area (Å²) < 4.78 is 9.26. The van der Waals surface area contributed by atoms with Crippen molar-refractivity contribution in [1.29, 1.82) is 0 Å². The van der Waals surface area contributed by atoms with Gasteiger partial charge < -0.3 is 24.4 Å². The van der Waals surface area contributed by atoms with Gasteiger partial charge in [0, 0.05) is 17.0 Å². The molecule has 42 heavy (non-hydrogen) atoms. The van der Waals surface area contributed by atoms with Crippen molar-refractivity contribution in [3.63, 3.8) is 0 Å². The summed E-state index contributed by atoms with van der Waals surface area (Å²) in [5, 5.41) is 10.7. The molecule has 0 aromatic heterocycles. The first kappa shape index (κ1) is 28.6. The molecule has 4 aliphatic rings. The lowest BCUT2D eigenvalue weighted by atomic mass is 9.74. The lowest BCUT2D eigenvalue weighted by molar-refractivity contribution is -0.154. The highest BCUT2D eigenvalue weighted by molar-refractivity contribution is 8.02. The van der Waals surface area contributed by atoms with Crippen molar-refractivity contribution in [2.45, 2.75) is 47.8 Å². The lowest BCUT2D eigenvalue weighted by Crippen LogP contribution is -2.57. The summed E-state index contributed by atoms with van der Waals surface area (Å²) in [5.74, 6) is -1.88. The maximum atomic E-state index is 14.8. The van der Waals surface area contributed by atoms with Gasteiger partial charge in [-0.15, -0.1) is 11.8 Å². The summed E-state index contributed by atoms with van der Waals surface area (Å²) in [5.41, 5.74) is 1.62. The molecule has 4 heterocycles. The number of hydrogen-bond donors (Lipinski definition) is 1. The van der Waals surface area contributed by atoms with E-state index >= 15 is 0 Å². The number of carbonyl (C=O) groups excluding carboxylic acids is 3. The van der Waals surface area contributed by atoms with Crippen LogP contribution in [-0.2, 0) is 25.5 Å². The predicted octanol–water partition coefficient (Wildman–Crippen LogP) is 3.78. The fourth-order valence-corrected chi connectivity index (χ4v) is 9.24. The van der Waals surface area contributed by atoms with Gasteiger partial charge in [0.05, 0.1) is 42.9 Å². The number of carbonyl (C=O) groups is 3. The minimum atomic E-state index is -1.03. The molecule has 9 heteroatoms. The highest BCUT2D eigenvalue weighted by Gasteiger charge is 2.74. The van der Waals surface area contributed by atoms with Crippen molar-refractivity contribution in [2.24, 2.45) is 11.8 Å². The van der Waals surface area contributed by atoms with Crippen LogP contribution in [-0.4, -0.2) is 76.2 Å². The van der Waals surface area contributed by atoms with E-state index in [-0.39, 0.29) is 25.0 Å². The SMILES string of the molecule is COc1ccc(N2CC=C[C@]34S[C@]5(C)/C=C\CCCOC(=O)[C@@H]5[C@H]3C(=O)N([C@@H](CO)Cc3ccccc3)C4C2=O)cc1. The number of thioether (sulfide) groups is 1. The molecule has 4 aliphatic heterocycles. The summed E-state index contributed by atoms with van der Waals surface area (Å²) in [6.45, 7) is 2.25. The Kier molecular flexibility index (Phi) is 7.66. The van der Waals surface area contributed by atoms with Gasteiger partial charge in [0.1, 0.15) is 11.8 Å². The molecule has 1 N–H and O–H groups in total. The van der Waals surface area contributed by atoms with Gasteiger partial charge in [-0.25, -0.2) is 0 Å². The van der Waals surface area contributed by atoms with E-state index in [0.717, 1.165) is 12.0 Å². The summed E-state index contributed by atoms with van der Waals surface area (Å²) in [6, 6.07) is 15.3. The van der Waals surface area contributed by atoms with Crippen molar-refractivity contribution in [3.05, 3.63) is 84.5 Å². The molecule has 0 radical (unpaired) electrons. The molecule has 2 aromatic carbocycles. The Balaban J connectivity index is 1.49. The summed E-state index contributed by atoms with van der Waals surface area (Å²) in [4.78, 5) is 46.4. The first-order valence-electron chi connectivity index (χ1n) is 14.5. The Bertz CT molecular complexity index is 1410. The number of hydrogen-bond acceptors (Lipinski definition) is 7. The van der Waals surface area contributed by atoms with Crippen LogP contribution < -0.4 is 9.64 Å². The quantitative estimate of drug-likeness (QED) is 0.405. The van der Waals surface area contributed by atoms with Crippen LogP contribution in [0.1, 0.15) is 25.3 Å². The zero-order valence-corrected chi connectivity index (χ0v) is 24.7.